The fourth-order valence-electron chi connectivity index (χ4n) is 3.05. The molecule has 1 unspecified atom stereocenters. The Hall–Kier alpha value is -2.62. The quantitative estimate of drug-likeness (QED) is 0.938. The van der Waals surface area contributed by atoms with Crippen LogP contribution in [0, 0.1) is 26.7 Å². The minimum Gasteiger partial charge on any atom is -0.326 e. The second-order valence-corrected chi connectivity index (χ2v) is 6.55. The molecular weight excluding hydrogens is 300 g/mol. The summed E-state index contributed by atoms with van der Waals surface area (Å²) in [5.74, 6) is -0.413. The summed E-state index contributed by atoms with van der Waals surface area (Å²) in [5, 5.41) is 2.96. The lowest BCUT2D eigenvalue weighted by Crippen LogP contribution is -2.28. The van der Waals surface area contributed by atoms with Gasteiger partial charge in [-0.3, -0.25) is 9.59 Å². The molecule has 4 heteroatoms. The van der Waals surface area contributed by atoms with Gasteiger partial charge < -0.3 is 10.2 Å². The number of anilines is 2. The topological polar surface area (TPSA) is 49.4 Å². The Morgan fingerprint density at radius 1 is 1.04 bits per heavy atom. The van der Waals surface area contributed by atoms with Crippen molar-refractivity contribution in [1.82, 2.24) is 0 Å². The van der Waals surface area contributed by atoms with E-state index in [9.17, 15) is 9.59 Å². The van der Waals surface area contributed by atoms with Crippen molar-refractivity contribution in [1.29, 1.82) is 0 Å². The molecule has 1 fully saturated rings. The van der Waals surface area contributed by atoms with E-state index in [1.807, 2.05) is 63.2 Å². The highest BCUT2D eigenvalue weighted by Crippen LogP contribution is 2.27. The molecule has 24 heavy (non-hydrogen) atoms. The molecule has 1 saturated heterocycles. The van der Waals surface area contributed by atoms with Crippen LogP contribution in [0.4, 0.5) is 11.4 Å². The van der Waals surface area contributed by atoms with Crippen molar-refractivity contribution in [3.63, 3.8) is 0 Å². The lowest BCUT2D eigenvalue weighted by atomic mass is 10.1. The molecule has 2 aromatic rings. The number of amides is 2. The van der Waals surface area contributed by atoms with Crippen molar-refractivity contribution in [2.24, 2.45) is 5.92 Å². The van der Waals surface area contributed by atoms with Gasteiger partial charge in [-0.25, -0.2) is 0 Å². The van der Waals surface area contributed by atoms with Crippen molar-refractivity contribution in [2.45, 2.75) is 27.2 Å². The maximum absolute atomic E-state index is 12.5. The number of nitrogens with one attached hydrogen (secondary N) is 1. The molecule has 1 N–H and O–H groups in total. The molecule has 0 bridgehead atoms. The van der Waals surface area contributed by atoms with Crippen molar-refractivity contribution < 1.29 is 9.59 Å². The second kappa shape index (κ2) is 6.48. The fraction of sp³-hybridized carbons (Fsp3) is 0.300. The first kappa shape index (κ1) is 16.2. The minimum absolute atomic E-state index is 0.000342. The van der Waals surface area contributed by atoms with Crippen molar-refractivity contribution >= 4 is 23.2 Å². The van der Waals surface area contributed by atoms with Crippen LogP contribution in [0.5, 0.6) is 0 Å². The van der Waals surface area contributed by atoms with E-state index in [0.717, 1.165) is 28.1 Å². The SMILES string of the molecule is Cc1ccc(N2CC(C(=O)Nc3ccc(C)cc3C)CC2=O)cc1. The van der Waals surface area contributed by atoms with E-state index >= 15 is 0 Å². The zero-order valence-electron chi connectivity index (χ0n) is 14.3. The van der Waals surface area contributed by atoms with Gasteiger partial charge in [-0.05, 0) is 44.5 Å². The minimum atomic E-state index is -0.320. The van der Waals surface area contributed by atoms with Crippen LogP contribution in [0.2, 0.25) is 0 Å². The van der Waals surface area contributed by atoms with Gasteiger partial charge in [0, 0.05) is 24.3 Å². The molecule has 3 rings (SSSR count). The standard InChI is InChI=1S/C20H22N2O2/c1-13-4-7-17(8-5-13)22-12-16(11-19(22)23)20(24)21-18-9-6-14(2)10-15(18)3/h4-10,16H,11-12H2,1-3H3,(H,21,24). The molecule has 0 radical (unpaired) electrons. The van der Waals surface area contributed by atoms with Crippen LogP contribution < -0.4 is 10.2 Å². The molecule has 0 aliphatic carbocycles. The Morgan fingerprint density at radius 3 is 2.38 bits per heavy atom. The summed E-state index contributed by atoms with van der Waals surface area (Å²) in [7, 11) is 0. The molecular formula is C20H22N2O2. The molecule has 0 saturated carbocycles. The number of benzene rings is 2. The predicted molar refractivity (Wildman–Crippen MR) is 96.2 cm³/mol. The number of nitrogens with zero attached hydrogens (tertiary/aromatic N) is 1. The van der Waals surface area contributed by atoms with E-state index in [-0.39, 0.29) is 24.2 Å². The lowest BCUT2D eigenvalue weighted by Gasteiger charge is -2.17. The average molecular weight is 322 g/mol. The summed E-state index contributed by atoms with van der Waals surface area (Å²) in [6.45, 7) is 6.43. The molecule has 1 aliphatic rings. The van der Waals surface area contributed by atoms with E-state index in [1.54, 1.807) is 4.90 Å². The molecule has 2 amide bonds. The van der Waals surface area contributed by atoms with Crippen LogP contribution in [0.3, 0.4) is 0 Å². The maximum atomic E-state index is 12.5. The van der Waals surface area contributed by atoms with Crippen LogP contribution in [-0.2, 0) is 9.59 Å². The fourth-order valence-corrected chi connectivity index (χ4v) is 3.05. The lowest BCUT2D eigenvalue weighted by molar-refractivity contribution is -0.122. The van der Waals surface area contributed by atoms with Gasteiger partial charge >= 0.3 is 0 Å². The van der Waals surface area contributed by atoms with Crippen LogP contribution in [0.25, 0.3) is 0 Å². The first-order valence-corrected chi connectivity index (χ1v) is 8.19. The van der Waals surface area contributed by atoms with Gasteiger partial charge in [-0.1, -0.05) is 35.4 Å². The summed E-state index contributed by atoms with van der Waals surface area (Å²) < 4.78 is 0. The third-order valence-electron chi connectivity index (χ3n) is 4.48. The normalized spacial score (nSPS) is 17.2. The number of hydrogen-bond acceptors (Lipinski definition) is 2. The molecule has 4 nitrogen and oxygen atoms in total. The zero-order valence-corrected chi connectivity index (χ0v) is 14.3. The van der Waals surface area contributed by atoms with Crippen LogP contribution in [0.15, 0.2) is 42.5 Å². The van der Waals surface area contributed by atoms with E-state index in [1.165, 1.54) is 0 Å². The monoisotopic (exact) mass is 322 g/mol. The Balaban J connectivity index is 1.70. The van der Waals surface area contributed by atoms with E-state index in [0.29, 0.717) is 6.54 Å². The van der Waals surface area contributed by atoms with E-state index in [2.05, 4.69) is 5.32 Å². The van der Waals surface area contributed by atoms with Gasteiger partial charge in [0.2, 0.25) is 11.8 Å². The molecule has 0 spiro atoms. The van der Waals surface area contributed by atoms with Gasteiger partial charge in [-0.15, -0.1) is 0 Å². The summed E-state index contributed by atoms with van der Waals surface area (Å²) in [4.78, 5) is 26.5. The summed E-state index contributed by atoms with van der Waals surface area (Å²) in [5.41, 5.74) is 5.00. The second-order valence-electron chi connectivity index (χ2n) is 6.55. The highest BCUT2D eigenvalue weighted by Gasteiger charge is 2.35. The van der Waals surface area contributed by atoms with Crippen molar-refractivity contribution in [3.8, 4) is 0 Å². The molecule has 124 valence electrons. The number of aryl methyl sites for hydroxylation is 3. The molecule has 1 atom stereocenters. The third-order valence-corrected chi connectivity index (χ3v) is 4.48. The van der Waals surface area contributed by atoms with Gasteiger partial charge in [-0.2, -0.15) is 0 Å². The molecule has 1 heterocycles. The third kappa shape index (κ3) is 3.32. The zero-order chi connectivity index (χ0) is 17.3. The van der Waals surface area contributed by atoms with Crippen molar-refractivity contribution in [3.05, 3.63) is 59.2 Å². The Kier molecular flexibility index (Phi) is 4.38. The molecule has 0 aromatic heterocycles. The first-order valence-electron chi connectivity index (χ1n) is 8.19. The Morgan fingerprint density at radius 2 is 1.71 bits per heavy atom. The van der Waals surface area contributed by atoms with Gasteiger partial charge in [0.25, 0.3) is 0 Å². The molecule has 2 aromatic carbocycles. The Bertz CT molecular complexity index is 781. The van der Waals surface area contributed by atoms with Crippen molar-refractivity contribution in [2.75, 3.05) is 16.8 Å². The number of hydrogen-bond donors (Lipinski definition) is 1. The first-order chi connectivity index (χ1) is 11.4. The van der Waals surface area contributed by atoms with Crippen LogP contribution in [0.1, 0.15) is 23.1 Å². The summed E-state index contributed by atoms with van der Waals surface area (Å²) in [6.07, 6.45) is 0.255. The van der Waals surface area contributed by atoms with Gasteiger partial charge in [0.15, 0.2) is 0 Å². The highest BCUT2D eigenvalue weighted by atomic mass is 16.2. The Labute approximate surface area is 142 Å². The largest absolute Gasteiger partial charge is 0.326 e. The summed E-state index contributed by atoms with van der Waals surface area (Å²) >= 11 is 0. The van der Waals surface area contributed by atoms with Gasteiger partial charge in [0.05, 0.1) is 5.92 Å². The average Bonchev–Trinajstić information content (AvgIpc) is 2.93. The van der Waals surface area contributed by atoms with E-state index in [4.69, 9.17) is 0 Å². The smallest absolute Gasteiger partial charge is 0.229 e. The highest BCUT2D eigenvalue weighted by molar-refractivity contribution is 6.03. The number of carbonyl (C=O) groups excluding carboxylic acids is 2. The van der Waals surface area contributed by atoms with Crippen LogP contribution >= 0.6 is 0 Å². The summed E-state index contributed by atoms with van der Waals surface area (Å²) in [6, 6.07) is 13.7. The van der Waals surface area contributed by atoms with E-state index < -0.39 is 0 Å². The number of carbonyl (C=O) groups is 2. The van der Waals surface area contributed by atoms with Crippen LogP contribution in [-0.4, -0.2) is 18.4 Å². The number of rotatable bonds is 3. The maximum Gasteiger partial charge on any atom is 0.229 e. The van der Waals surface area contributed by atoms with Gasteiger partial charge in [0.1, 0.15) is 0 Å². The predicted octanol–water partition coefficient (Wildman–Crippen LogP) is 3.60. The molecule has 1 aliphatic heterocycles.